The van der Waals surface area contributed by atoms with Gasteiger partial charge >= 0.3 is 5.97 Å². The summed E-state index contributed by atoms with van der Waals surface area (Å²) in [6.45, 7) is 3.80. The Morgan fingerprint density at radius 2 is 2.31 bits per heavy atom. The van der Waals surface area contributed by atoms with Crippen LogP contribution in [-0.2, 0) is 11.2 Å². The van der Waals surface area contributed by atoms with E-state index in [0.29, 0.717) is 17.9 Å². The third-order valence-electron chi connectivity index (χ3n) is 2.32. The molecule has 0 aliphatic heterocycles. The predicted molar refractivity (Wildman–Crippen MR) is 58.4 cm³/mol. The van der Waals surface area contributed by atoms with E-state index in [2.05, 4.69) is 9.97 Å². The van der Waals surface area contributed by atoms with Crippen molar-refractivity contribution in [3.8, 4) is 0 Å². The zero-order valence-corrected chi connectivity index (χ0v) is 9.73. The minimum absolute atomic E-state index is 0.175. The van der Waals surface area contributed by atoms with E-state index < -0.39 is 5.97 Å². The lowest BCUT2D eigenvalue weighted by atomic mass is 10.1. The van der Waals surface area contributed by atoms with E-state index >= 15 is 0 Å². The van der Waals surface area contributed by atoms with Crippen LogP contribution < -0.4 is 0 Å². The van der Waals surface area contributed by atoms with Gasteiger partial charge in [-0.25, -0.2) is 14.8 Å². The number of carbonyl (C=O) groups is 1. The number of hydrogen-bond acceptors (Lipinski definition) is 4. The van der Waals surface area contributed by atoms with Crippen molar-refractivity contribution in [3.05, 3.63) is 23.3 Å². The minimum atomic E-state index is -0.986. The van der Waals surface area contributed by atoms with Crippen molar-refractivity contribution in [2.75, 3.05) is 7.11 Å². The maximum absolute atomic E-state index is 10.9. The standard InChI is InChI=1S/C11H16N2O3/c1-4-5-9-8(11(14)15)6-12-10(13-9)7(2)16-3/h6-7H,4-5H2,1-3H3,(H,14,15). The fraction of sp³-hybridized carbons (Fsp3) is 0.545. The van der Waals surface area contributed by atoms with Crippen LogP contribution in [0.3, 0.4) is 0 Å². The molecule has 0 aliphatic rings. The van der Waals surface area contributed by atoms with Crippen molar-refractivity contribution < 1.29 is 14.6 Å². The maximum Gasteiger partial charge on any atom is 0.339 e. The average molecular weight is 224 g/mol. The molecule has 5 nitrogen and oxygen atoms in total. The van der Waals surface area contributed by atoms with Gasteiger partial charge in [0.15, 0.2) is 5.82 Å². The normalized spacial score (nSPS) is 12.4. The fourth-order valence-corrected chi connectivity index (χ4v) is 1.34. The molecule has 1 aromatic heterocycles. The van der Waals surface area contributed by atoms with Crippen molar-refractivity contribution in [1.82, 2.24) is 9.97 Å². The lowest BCUT2D eigenvalue weighted by Crippen LogP contribution is -2.11. The molecular weight excluding hydrogens is 208 g/mol. The first-order chi connectivity index (χ1) is 7.60. The van der Waals surface area contributed by atoms with Gasteiger partial charge in [0.25, 0.3) is 0 Å². The van der Waals surface area contributed by atoms with Gasteiger partial charge in [-0.15, -0.1) is 0 Å². The first-order valence-electron chi connectivity index (χ1n) is 5.22. The Bertz CT molecular complexity index is 379. The molecule has 16 heavy (non-hydrogen) atoms. The van der Waals surface area contributed by atoms with Gasteiger partial charge in [0.2, 0.25) is 0 Å². The van der Waals surface area contributed by atoms with Crippen LogP contribution in [0.1, 0.15) is 48.2 Å². The van der Waals surface area contributed by atoms with E-state index in [9.17, 15) is 4.79 Å². The second kappa shape index (κ2) is 5.55. The monoisotopic (exact) mass is 224 g/mol. The van der Waals surface area contributed by atoms with Crippen molar-refractivity contribution in [2.24, 2.45) is 0 Å². The largest absolute Gasteiger partial charge is 0.478 e. The number of hydrogen-bond donors (Lipinski definition) is 1. The Kier molecular flexibility index (Phi) is 4.37. The zero-order valence-electron chi connectivity index (χ0n) is 9.73. The van der Waals surface area contributed by atoms with E-state index in [1.165, 1.54) is 6.20 Å². The van der Waals surface area contributed by atoms with Gasteiger partial charge < -0.3 is 9.84 Å². The molecule has 0 saturated heterocycles. The van der Waals surface area contributed by atoms with Crippen LogP contribution in [0.15, 0.2) is 6.20 Å². The summed E-state index contributed by atoms with van der Waals surface area (Å²) in [5.41, 5.74) is 0.748. The average Bonchev–Trinajstić information content (AvgIpc) is 2.28. The number of carboxylic acids is 1. The van der Waals surface area contributed by atoms with Crippen molar-refractivity contribution in [1.29, 1.82) is 0 Å². The van der Waals surface area contributed by atoms with Crippen LogP contribution in [-0.4, -0.2) is 28.2 Å². The first kappa shape index (κ1) is 12.6. The topological polar surface area (TPSA) is 72.3 Å². The van der Waals surface area contributed by atoms with E-state index in [4.69, 9.17) is 9.84 Å². The molecule has 1 unspecified atom stereocenters. The highest BCUT2D eigenvalue weighted by Gasteiger charge is 2.15. The fourth-order valence-electron chi connectivity index (χ4n) is 1.34. The van der Waals surface area contributed by atoms with Crippen LogP contribution in [0, 0.1) is 0 Å². The number of rotatable bonds is 5. The van der Waals surface area contributed by atoms with Crippen LogP contribution in [0.4, 0.5) is 0 Å². The SMILES string of the molecule is CCCc1nc(C(C)OC)ncc1C(=O)O. The smallest absolute Gasteiger partial charge is 0.339 e. The third kappa shape index (κ3) is 2.76. The Hall–Kier alpha value is -1.49. The summed E-state index contributed by atoms with van der Waals surface area (Å²) in [5, 5.41) is 8.97. The minimum Gasteiger partial charge on any atom is -0.478 e. The second-order valence-electron chi connectivity index (χ2n) is 3.52. The van der Waals surface area contributed by atoms with Crippen molar-refractivity contribution >= 4 is 5.97 Å². The quantitative estimate of drug-likeness (QED) is 0.826. The molecule has 88 valence electrons. The Labute approximate surface area is 94.5 Å². The molecule has 0 fully saturated rings. The van der Waals surface area contributed by atoms with Gasteiger partial charge in [0, 0.05) is 13.3 Å². The Morgan fingerprint density at radius 1 is 1.62 bits per heavy atom. The lowest BCUT2D eigenvalue weighted by Gasteiger charge is -2.10. The molecule has 0 aromatic carbocycles. The summed E-state index contributed by atoms with van der Waals surface area (Å²) in [4.78, 5) is 19.2. The molecule has 1 N–H and O–H groups in total. The second-order valence-corrected chi connectivity index (χ2v) is 3.52. The molecular formula is C11H16N2O3. The number of nitrogens with zero attached hydrogens (tertiary/aromatic N) is 2. The first-order valence-corrected chi connectivity index (χ1v) is 5.22. The summed E-state index contributed by atoms with van der Waals surface area (Å²) < 4.78 is 5.10. The summed E-state index contributed by atoms with van der Waals surface area (Å²) in [7, 11) is 1.57. The Morgan fingerprint density at radius 3 is 2.81 bits per heavy atom. The third-order valence-corrected chi connectivity index (χ3v) is 2.32. The van der Waals surface area contributed by atoms with Gasteiger partial charge in [-0.3, -0.25) is 0 Å². The number of ether oxygens (including phenoxy) is 1. The highest BCUT2D eigenvalue weighted by molar-refractivity contribution is 5.88. The predicted octanol–water partition coefficient (Wildman–Crippen LogP) is 1.83. The molecule has 0 saturated carbocycles. The molecule has 1 aromatic rings. The highest BCUT2D eigenvalue weighted by Crippen LogP contribution is 2.14. The van der Waals surface area contributed by atoms with E-state index in [1.54, 1.807) is 7.11 Å². The van der Waals surface area contributed by atoms with Crippen LogP contribution in [0.25, 0.3) is 0 Å². The summed E-state index contributed by atoms with van der Waals surface area (Å²) in [6.07, 6.45) is 2.61. The van der Waals surface area contributed by atoms with Crippen LogP contribution in [0.5, 0.6) is 0 Å². The van der Waals surface area contributed by atoms with Crippen molar-refractivity contribution in [2.45, 2.75) is 32.8 Å². The lowest BCUT2D eigenvalue weighted by molar-refractivity contribution is 0.0693. The van der Waals surface area contributed by atoms with Gasteiger partial charge in [0.1, 0.15) is 6.10 Å². The molecule has 1 atom stereocenters. The summed E-state index contributed by atoms with van der Waals surface area (Å²) >= 11 is 0. The van der Waals surface area contributed by atoms with Crippen LogP contribution >= 0.6 is 0 Å². The number of aromatic carboxylic acids is 1. The van der Waals surface area contributed by atoms with Gasteiger partial charge in [0.05, 0.1) is 11.3 Å². The Balaban J connectivity index is 3.11. The van der Waals surface area contributed by atoms with Gasteiger partial charge in [-0.2, -0.15) is 0 Å². The zero-order chi connectivity index (χ0) is 12.1. The molecule has 1 rings (SSSR count). The van der Waals surface area contributed by atoms with Gasteiger partial charge in [-0.1, -0.05) is 13.3 Å². The van der Waals surface area contributed by atoms with E-state index in [1.807, 2.05) is 13.8 Å². The molecule has 0 amide bonds. The molecule has 0 aliphatic carbocycles. The number of carboxylic acid groups (broad SMARTS) is 1. The molecule has 0 spiro atoms. The molecule has 1 heterocycles. The molecule has 0 bridgehead atoms. The number of aromatic nitrogens is 2. The van der Waals surface area contributed by atoms with E-state index in [-0.39, 0.29) is 11.7 Å². The maximum atomic E-state index is 10.9. The van der Waals surface area contributed by atoms with E-state index in [0.717, 1.165) is 6.42 Å². The molecule has 5 heteroatoms. The van der Waals surface area contributed by atoms with Gasteiger partial charge in [-0.05, 0) is 13.3 Å². The summed E-state index contributed by atoms with van der Waals surface area (Å²) in [6, 6.07) is 0. The van der Waals surface area contributed by atoms with Crippen molar-refractivity contribution in [3.63, 3.8) is 0 Å². The van der Waals surface area contributed by atoms with Crippen LogP contribution in [0.2, 0.25) is 0 Å². The number of methoxy groups -OCH3 is 1. The summed E-state index contributed by atoms with van der Waals surface area (Å²) in [5.74, 6) is -0.462. The highest BCUT2D eigenvalue weighted by atomic mass is 16.5. The molecule has 0 radical (unpaired) electrons. The number of aryl methyl sites for hydroxylation is 1.